The highest BCUT2D eigenvalue weighted by Crippen LogP contribution is 2.28. The van der Waals surface area contributed by atoms with Crippen molar-refractivity contribution in [3.63, 3.8) is 0 Å². The number of carbonyl (C=O) groups excluding carboxylic acids is 1. The second-order valence-electron chi connectivity index (χ2n) is 4.14. The molecule has 0 aliphatic carbocycles. The molecule has 0 unspecified atom stereocenters. The molecule has 1 amide bonds. The molecule has 0 spiro atoms. The Bertz CT molecular complexity index is 594. The normalized spacial score (nSPS) is 10.4. The van der Waals surface area contributed by atoms with E-state index < -0.39 is 0 Å². The molecule has 18 heavy (non-hydrogen) atoms. The van der Waals surface area contributed by atoms with E-state index in [9.17, 15) is 4.79 Å². The van der Waals surface area contributed by atoms with Gasteiger partial charge < -0.3 is 10.1 Å². The van der Waals surface area contributed by atoms with Gasteiger partial charge in [-0.3, -0.25) is 4.79 Å². The van der Waals surface area contributed by atoms with E-state index in [1.807, 2.05) is 32.0 Å². The van der Waals surface area contributed by atoms with Gasteiger partial charge in [-0.1, -0.05) is 11.6 Å². The van der Waals surface area contributed by atoms with Gasteiger partial charge in [-0.25, -0.2) is 4.98 Å². The minimum atomic E-state index is -0.142. The maximum atomic E-state index is 11.1. The van der Waals surface area contributed by atoms with Gasteiger partial charge in [-0.2, -0.15) is 0 Å². The summed E-state index contributed by atoms with van der Waals surface area (Å²) in [4.78, 5) is 15.5. The van der Waals surface area contributed by atoms with Crippen molar-refractivity contribution in [1.82, 2.24) is 4.98 Å². The molecule has 0 fully saturated rings. The summed E-state index contributed by atoms with van der Waals surface area (Å²) in [5.41, 5.74) is 1.97. The van der Waals surface area contributed by atoms with Crippen LogP contribution in [0.1, 0.15) is 19.4 Å². The van der Waals surface area contributed by atoms with E-state index in [1.165, 1.54) is 6.92 Å². The molecule has 2 rings (SSSR count). The molecule has 2 aromatic rings. The van der Waals surface area contributed by atoms with Crippen LogP contribution in [-0.2, 0) is 4.79 Å². The number of anilines is 1. The molecule has 0 radical (unpaired) electrons. The van der Waals surface area contributed by atoms with Gasteiger partial charge in [0.25, 0.3) is 0 Å². The van der Waals surface area contributed by atoms with Crippen LogP contribution in [-0.4, -0.2) is 17.5 Å². The van der Waals surface area contributed by atoms with E-state index in [2.05, 4.69) is 10.3 Å². The summed E-state index contributed by atoms with van der Waals surface area (Å²) in [7, 11) is 0. The van der Waals surface area contributed by atoms with Gasteiger partial charge in [-0.15, -0.1) is 0 Å². The molecule has 0 saturated heterocycles. The molecule has 4 heteroatoms. The lowest BCUT2D eigenvalue weighted by atomic mass is 10.1. The SMILES string of the molecule is CCOc1cc(NC(C)=O)nc2ccc(C)cc12. The van der Waals surface area contributed by atoms with Crippen LogP contribution in [0.25, 0.3) is 10.9 Å². The van der Waals surface area contributed by atoms with Gasteiger partial charge in [-0.05, 0) is 26.0 Å². The number of amides is 1. The van der Waals surface area contributed by atoms with E-state index in [0.29, 0.717) is 12.4 Å². The summed E-state index contributed by atoms with van der Waals surface area (Å²) in [5.74, 6) is 1.12. The molecule has 0 saturated carbocycles. The summed E-state index contributed by atoms with van der Waals surface area (Å²) in [6.07, 6.45) is 0. The van der Waals surface area contributed by atoms with Crippen molar-refractivity contribution in [2.45, 2.75) is 20.8 Å². The third kappa shape index (κ3) is 2.59. The average Bonchev–Trinajstić information content (AvgIpc) is 2.29. The fraction of sp³-hybridized carbons (Fsp3) is 0.286. The third-order valence-electron chi connectivity index (χ3n) is 2.53. The first kappa shape index (κ1) is 12.4. The van der Waals surface area contributed by atoms with Crippen molar-refractivity contribution >= 4 is 22.6 Å². The van der Waals surface area contributed by atoms with E-state index >= 15 is 0 Å². The highest BCUT2D eigenvalue weighted by Gasteiger charge is 2.07. The smallest absolute Gasteiger partial charge is 0.222 e. The quantitative estimate of drug-likeness (QED) is 0.903. The number of nitrogens with zero attached hydrogens (tertiary/aromatic N) is 1. The van der Waals surface area contributed by atoms with Crippen molar-refractivity contribution in [3.8, 4) is 5.75 Å². The Hall–Kier alpha value is -2.10. The van der Waals surface area contributed by atoms with Crippen LogP contribution in [0, 0.1) is 6.92 Å². The number of nitrogens with one attached hydrogen (secondary N) is 1. The number of aryl methyl sites for hydroxylation is 1. The van der Waals surface area contributed by atoms with Crippen LogP contribution in [0.3, 0.4) is 0 Å². The van der Waals surface area contributed by atoms with Crippen molar-refractivity contribution in [3.05, 3.63) is 29.8 Å². The lowest BCUT2D eigenvalue weighted by molar-refractivity contribution is -0.114. The Morgan fingerprint density at radius 1 is 1.39 bits per heavy atom. The number of carbonyl (C=O) groups is 1. The Balaban J connectivity index is 2.58. The van der Waals surface area contributed by atoms with E-state index in [0.717, 1.165) is 22.2 Å². The standard InChI is InChI=1S/C14H16N2O2/c1-4-18-13-8-14(15-10(3)17)16-12-6-5-9(2)7-11(12)13/h5-8H,4H2,1-3H3,(H,15,16,17). The third-order valence-corrected chi connectivity index (χ3v) is 2.53. The van der Waals surface area contributed by atoms with Gasteiger partial charge in [0.15, 0.2) is 0 Å². The Morgan fingerprint density at radius 2 is 2.17 bits per heavy atom. The number of hydrogen-bond acceptors (Lipinski definition) is 3. The van der Waals surface area contributed by atoms with Gasteiger partial charge in [0.2, 0.25) is 5.91 Å². The first-order chi connectivity index (χ1) is 8.60. The van der Waals surface area contributed by atoms with Crippen molar-refractivity contribution in [2.75, 3.05) is 11.9 Å². The molecule has 0 aliphatic heterocycles. The van der Waals surface area contributed by atoms with E-state index in [1.54, 1.807) is 6.07 Å². The number of hydrogen-bond donors (Lipinski definition) is 1. The second-order valence-corrected chi connectivity index (χ2v) is 4.14. The fourth-order valence-electron chi connectivity index (χ4n) is 1.83. The van der Waals surface area contributed by atoms with Gasteiger partial charge in [0.05, 0.1) is 12.1 Å². The van der Waals surface area contributed by atoms with E-state index in [-0.39, 0.29) is 5.91 Å². The van der Waals surface area contributed by atoms with Crippen LogP contribution in [0.2, 0.25) is 0 Å². The topological polar surface area (TPSA) is 51.2 Å². The molecule has 1 aromatic carbocycles. The molecule has 94 valence electrons. The lowest BCUT2D eigenvalue weighted by Gasteiger charge is -2.10. The Labute approximate surface area is 106 Å². The predicted molar refractivity (Wildman–Crippen MR) is 72.0 cm³/mol. The van der Waals surface area contributed by atoms with Crippen LogP contribution in [0.4, 0.5) is 5.82 Å². The van der Waals surface area contributed by atoms with Crippen molar-refractivity contribution in [1.29, 1.82) is 0 Å². The van der Waals surface area contributed by atoms with Gasteiger partial charge >= 0.3 is 0 Å². The zero-order valence-electron chi connectivity index (χ0n) is 10.8. The van der Waals surface area contributed by atoms with Crippen LogP contribution >= 0.6 is 0 Å². The number of fused-ring (bicyclic) bond motifs is 1. The molecule has 1 heterocycles. The van der Waals surface area contributed by atoms with Crippen LogP contribution in [0.15, 0.2) is 24.3 Å². The summed E-state index contributed by atoms with van der Waals surface area (Å²) in [6.45, 7) is 5.99. The number of benzene rings is 1. The zero-order chi connectivity index (χ0) is 13.1. The highest BCUT2D eigenvalue weighted by molar-refractivity contribution is 5.92. The molecule has 4 nitrogen and oxygen atoms in total. The summed E-state index contributed by atoms with van der Waals surface area (Å²) in [5, 5.41) is 3.64. The fourth-order valence-corrected chi connectivity index (χ4v) is 1.83. The summed E-state index contributed by atoms with van der Waals surface area (Å²) < 4.78 is 5.61. The number of aromatic nitrogens is 1. The number of ether oxygens (including phenoxy) is 1. The molecule has 0 aliphatic rings. The zero-order valence-corrected chi connectivity index (χ0v) is 10.8. The lowest BCUT2D eigenvalue weighted by Crippen LogP contribution is -2.08. The largest absolute Gasteiger partial charge is 0.493 e. The van der Waals surface area contributed by atoms with Gasteiger partial charge in [0.1, 0.15) is 11.6 Å². The molecule has 1 aromatic heterocycles. The second kappa shape index (κ2) is 5.04. The first-order valence-electron chi connectivity index (χ1n) is 5.92. The van der Waals surface area contributed by atoms with Crippen molar-refractivity contribution < 1.29 is 9.53 Å². The number of rotatable bonds is 3. The summed E-state index contributed by atoms with van der Waals surface area (Å²) in [6, 6.07) is 7.71. The van der Waals surface area contributed by atoms with Crippen LogP contribution in [0.5, 0.6) is 5.75 Å². The Kier molecular flexibility index (Phi) is 3.46. The predicted octanol–water partition coefficient (Wildman–Crippen LogP) is 2.90. The average molecular weight is 244 g/mol. The van der Waals surface area contributed by atoms with E-state index in [4.69, 9.17) is 4.74 Å². The monoisotopic (exact) mass is 244 g/mol. The highest BCUT2D eigenvalue weighted by atomic mass is 16.5. The molecular formula is C14H16N2O2. The maximum Gasteiger partial charge on any atom is 0.222 e. The molecule has 0 atom stereocenters. The molecule has 0 bridgehead atoms. The minimum Gasteiger partial charge on any atom is -0.493 e. The number of pyridine rings is 1. The summed E-state index contributed by atoms with van der Waals surface area (Å²) >= 11 is 0. The molecule has 1 N–H and O–H groups in total. The Morgan fingerprint density at radius 3 is 2.83 bits per heavy atom. The van der Waals surface area contributed by atoms with Crippen molar-refractivity contribution in [2.24, 2.45) is 0 Å². The minimum absolute atomic E-state index is 0.142. The first-order valence-corrected chi connectivity index (χ1v) is 5.92. The molecular weight excluding hydrogens is 228 g/mol. The van der Waals surface area contributed by atoms with Gasteiger partial charge in [0, 0.05) is 18.4 Å². The maximum absolute atomic E-state index is 11.1. The van der Waals surface area contributed by atoms with Crippen LogP contribution < -0.4 is 10.1 Å².